The summed E-state index contributed by atoms with van der Waals surface area (Å²) in [6.07, 6.45) is 0. The van der Waals surface area contributed by atoms with E-state index in [1.54, 1.807) is 11.3 Å². The third kappa shape index (κ3) is 2.98. The summed E-state index contributed by atoms with van der Waals surface area (Å²) in [5.41, 5.74) is 1.01. The van der Waals surface area contributed by atoms with Crippen molar-refractivity contribution in [3.05, 3.63) is 56.7 Å². The SMILES string of the molecule is Cc1ccc(C(=O)N2CCNCC2c2ccccc2Cl)s1. The normalized spacial score (nSPS) is 18.8. The molecule has 1 saturated heterocycles. The molecule has 21 heavy (non-hydrogen) atoms. The molecule has 1 amide bonds. The Morgan fingerprint density at radius 1 is 1.33 bits per heavy atom. The zero-order valence-corrected chi connectivity index (χ0v) is 13.4. The van der Waals surface area contributed by atoms with Crippen molar-refractivity contribution in [1.82, 2.24) is 10.2 Å². The molecule has 2 aromatic rings. The van der Waals surface area contributed by atoms with Crippen molar-refractivity contribution in [2.75, 3.05) is 19.6 Å². The van der Waals surface area contributed by atoms with Crippen LogP contribution in [0.3, 0.4) is 0 Å². The van der Waals surface area contributed by atoms with E-state index in [9.17, 15) is 4.79 Å². The van der Waals surface area contributed by atoms with Crippen LogP contribution in [0.2, 0.25) is 5.02 Å². The van der Waals surface area contributed by atoms with Crippen molar-refractivity contribution in [3.8, 4) is 0 Å². The number of rotatable bonds is 2. The number of carbonyl (C=O) groups is 1. The van der Waals surface area contributed by atoms with Crippen molar-refractivity contribution in [2.24, 2.45) is 0 Å². The second-order valence-corrected chi connectivity index (χ2v) is 6.85. The molecule has 0 radical (unpaired) electrons. The highest BCUT2D eigenvalue weighted by Crippen LogP contribution is 2.30. The van der Waals surface area contributed by atoms with E-state index in [-0.39, 0.29) is 11.9 Å². The van der Waals surface area contributed by atoms with Gasteiger partial charge < -0.3 is 10.2 Å². The molecule has 1 atom stereocenters. The van der Waals surface area contributed by atoms with Crippen LogP contribution >= 0.6 is 22.9 Å². The Morgan fingerprint density at radius 3 is 2.86 bits per heavy atom. The van der Waals surface area contributed by atoms with E-state index in [1.807, 2.05) is 48.2 Å². The van der Waals surface area contributed by atoms with Gasteiger partial charge in [0.1, 0.15) is 0 Å². The predicted octanol–water partition coefficient (Wildman–Crippen LogP) is 3.50. The Hall–Kier alpha value is -1.36. The largest absolute Gasteiger partial charge is 0.328 e. The van der Waals surface area contributed by atoms with E-state index < -0.39 is 0 Å². The highest BCUT2D eigenvalue weighted by Gasteiger charge is 2.30. The first-order chi connectivity index (χ1) is 10.2. The number of halogens is 1. The first-order valence-corrected chi connectivity index (χ1v) is 8.19. The topological polar surface area (TPSA) is 32.3 Å². The molecule has 0 saturated carbocycles. The number of hydrogen-bond acceptors (Lipinski definition) is 3. The predicted molar refractivity (Wildman–Crippen MR) is 87.2 cm³/mol. The van der Waals surface area contributed by atoms with E-state index >= 15 is 0 Å². The highest BCUT2D eigenvalue weighted by atomic mass is 35.5. The first-order valence-electron chi connectivity index (χ1n) is 6.99. The molecule has 5 heteroatoms. The lowest BCUT2D eigenvalue weighted by Gasteiger charge is -2.36. The van der Waals surface area contributed by atoms with Crippen LogP contribution in [-0.2, 0) is 0 Å². The van der Waals surface area contributed by atoms with Gasteiger partial charge in [0.05, 0.1) is 10.9 Å². The first kappa shape index (κ1) is 14.6. The summed E-state index contributed by atoms with van der Waals surface area (Å²) in [6, 6.07) is 11.6. The summed E-state index contributed by atoms with van der Waals surface area (Å²) in [4.78, 5) is 16.7. The highest BCUT2D eigenvalue weighted by molar-refractivity contribution is 7.13. The third-order valence-electron chi connectivity index (χ3n) is 3.72. The van der Waals surface area contributed by atoms with Crippen LogP contribution in [0.1, 0.15) is 26.2 Å². The number of amides is 1. The Labute approximate surface area is 133 Å². The molecule has 0 spiro atoms. The minimum Gasteiger partial charge on any atom is -0.328 e. The second-order valence-electron chi connectivity index (χ2n) is 5.15. The van der Waals surface area contributed by atoms with Crippen LogP contribution in [0.15, 0.2) is 36.4 Å². The zero-order valence-electron chi connectivity index (χ0n) is 11.8. The molecule has 1 aliphatic heterocycles. The molecule has 1 fully saturated rings. The molecule has 0 bridgehead atoms. The minimum atomic E-state index is -0.0117. The molecule has 3 nitrogen and oxygen atoms in total. The molecule has 1 aromatic carbocycles. The number of carbonyl (C=O) groups excluding carboxylic acids is 1. The lowest BCUT2D eigenvalue weighted by atomic mass is 10.0. The van der Waals surface area contributed by atoms with Crippen LogP contribution < -0.4 is 5.32 Å². The Balaban J connectivity index is 1.92. The average Bonchev–Trinajstić information content (AvgIpc) is 2.94. The number of thiophene rings is 1. The molecule has 1 unspecified atom stereocenters. The lowest BCUT2D eigenvalue weighted by molar-refractivity contribution is 0.0639. The van der Waals surface area contributed by atoms with Crippen LogP contribution in [0.5, 0.6) is 0 Å². The van der Waals surface area contributed by atoms with Gasteiger partial charge in [0.2, 0.25) is 0 Å². The molecule has 1 aliphatic rings. The second kappa shape index (κ2) is 6.18. The molecule has 2 heterocycles. The fourth-order valence-corrected chi connectivity index (χ4v) is 3.75. The molecule has 110 valence electrons. The van der Waals surface area contributed by atoms with Crippen LogP contribution in [0.4, 0.5) is 0 Å². The van der Waals surface area contributed by atoms with Gasteiger partial charge in [0.25, 0.3) is 5.91 Å². The number of nitrogens with zero attached hydrogens (tertiary/aromatic N) is 1. The number of benzene rings is 1. The molecule has 1 N–H and O–H groups in total. The minimum absolute atomic E-state index is 0.0117. The summed E-state index contributed by atoms with van der Waals surface area (Å²) < 4.78 is 0. The van der Waals surface area contributed by atoms with Crippen molar-refractivity contribution < 1.29 is 4.79 Å². The summed E-state index contributed by atoms with van der Waals surface area (Å²) >= 11 is 7.86. The third-order valence-corrected chi connectivity index (χ3v) is 5.05. The number of nitrogens with one attached hydrogen (secondary N) is 1. The summed E-state index contributed by atoms with van der Waals surface area (Å²) in [7, 11) is 0. The van der Waals surface area contributed by atoms with Crippen LogP contribution in [0.25, 0.3) is 0 Å². The lowest BCUT2D eigenvalue weighted by Crippen LogP contribution is -2.48. The van der Waals surface area contributed by atoms with Crippen molar-refractivity contribution in [2.45, 2.75) is 13.0 Å². The van der Waals surface area contributed by atoms with Gasteiger partial charge >= 0.3 is 0 Å². The molecule has 3 rings (SSSR count). The van der Waals surface area contributed by atoms with Gasteiger partial charge in [0, 0.05) is 29.5 Å². The van der Waals surface area contributed by atoms with E-state index in [2.05, 4.69) is 5.32 Å². The van der Waals surface area contributed by atoms with Crippen LogP contribution in [-0.4, -0.2) is 30.4 Å². The van der Waals surface area contributed by atoms with Crippen molar-refractivity contribution in [3.63, 3.8) is 0 Å². The Morgan fingerprint density at radius 2 is 2.14 bits per heavy atom. The zero-order chi connectivity index (χ0) is 14.8. The van der Waals surface area contributed by atoms with E-state index in [0.29, 0.717) is 11.6 Å². The van der Waals surface area contributed by atoms with Crippen LogP contribution in [0, 0.1) is 6.92 Å². The smallest absolute Gasteiger partial charge is 0.264 e. The van der Waals surface area contributed by atoms with E-state index in [1.165, 1.54) is 0 Å². The maximum Gasteiger partial charge on any atom is 0.264 e. The fourth-order valence-electron chi connectivity index (χ4n) is 2.66. The van der Waals surface area contributed by atoms with Gasteiger partial charge in [-0.3, -0.25) is 4.79 Å². The molecule has 0 aliphatic carbocycles. The van der Waals surface area contributed by atoms with Gasteiger partial charge in [-0.25, -0.2) is 0 Å². The Kier molecular flexibility index (Phi) is 4.29. The standard InChI is InChI=1S/C16H17ClN2OS/c1-11-6-7-15(21-11)16(20)19-9-8-18-10-14(19)12-4-2-3-5-13(12)17/h2-7,14,18H,8-10H2,1H3. The maximum atomic E-state index is 12.8. The number of piperazine rings is 1. The summed E-state index contributed by atoms with van der Waals surface area (Å²) in [5, 5.41) is 4.07. The van der Waals surface area contributed by atoms with Crippen molar-refractivity contribution >= 4 is 28.8 Å². The van der Waals surface area contributed by atoms with Gasteiger partial charge in [-0.05, 0) is 30.7 Å². The quantitative estimate of drug-likeness (QED) is 0.918. The van der Waals surface area contributed by atoms with E-state index in [0.717, 1.165) is 28.4 Å². The maximum absolute atomic E-state index is 12.8. The Bertz CT molecular complexity index is 655. The average molecular weight is 321 g/mol. The molecular weight excluding hydrogens is 304 g/mol. The summed E-state index contributed by atoms with van der Waals surface area (Å²) in [5.74, 6) is 0.0968. The molecule has 1 aromatic heterocycles. The number of aryl methyl sites for hydroxylation is 1. The molecular formula is C16H17ClN2OS. The number of hydrogen-bond donors (Lipinski definition) is 1. The van der Waals surface area contributed by atoms with Gasteiger partial charge in [-0.1, -0.05) is 29.8 Å². The fraction of sp³-hybridized carbons (Fsp3) is 0.312. The van der Waals surface area contributed by atoms with Gasteiger partial charge in [-0.2, -0.15) is 0 Å². The van der Waals surface area contributed by atoms with Gasteiger partial charge in [0.15, 0.2) is 0 Å². The van der Waals surface area contributed by atoms with Crippen molar-refractivity contribution in [1.29, 1.82) is 0 Å². The van der Waals surface area contributed by atoms with E-state index in [4.69, 9.17) is 11.6 Å². The summed E-state index contributed by atoms with van der Waals surface area (Å²) in [6.45, 7) is 4.27. The van der Waals surface area contributed by atoms with Gasteiger partial charge in [-0.15, -0.1) is 11.3 Å². The monoisotopic (exact) mass is 320 g/mol.